The fourth-order valence-electron chi connectivity index (χ4n) is 0.935. The number of rotatable bonds is 2. The maximum absolute atomic E-state index is 3.41. The van der Waals surface area contributed by atoms with Crippen LogP contribution in [0.2, 0.25) is 0 Å². The fraction of sp³-hybridized carbons (Fsp3) is 0.455. The van der Waals surface area contributed by atoms with Crippen LogP contribution in [0.3, 0.4) is 0 Å². The Morgan fingerprint density at radius 1 is 1.15 bits per heavy atom. The van der Waals surface area contributed by atoms with Crippen LogP contribution in [0.1, 0.15) is 20.8 Å². The molecule has 0 aromatic heterocycles. The fourth-order valence-corrected chi connectivity index (χ4v) is 1.29. The molecule has 0 aliphatic heterocycles. The summed E-state index contributed by atoms with van der Waals surface area (Å²) < 4.78 is 1.28. The molecule has 0 fully saturated rings. The maximum atomic E-state index is 3.41. The van der Waals surface area contributed by atoms with Gasteiger partial charge in [-0.1, -0.05) is 20.8 Å². The van der Waals surface area contributed by atoms with Crippen molar-refractivity contribution in [1.29, 1.82) is 0 Å². The number of hydrogen-bond donors (Lipinski definition) is 1. The van der Waals surface area contributed by atoms with E-state index in [4.69, 9.17) is 0 Å². The zero-order valence-electron chi connectivity index (χ0n) is 8.39. The van der Waals surface area contributed by atoms with Gasteiger partial charge in [-0.25, -0.2) is 0 Å². The molecule has 2 heteroatoms. The monoisotopic (exact) mass is 289 g/mol. The second-order valence-electron chi connectivity index (χ2n) is 4.42. The Morgan fingerprint density at radius 3 is 2.15 bits per heavy atom. The Bertz CT molecular complexity index is 258. The van der Waals surface area contributed by atoms with Crippen molar-refractivity contribution >= 4 is 28.3 Å². The average molecular weight is 289 g/mol. The quantitative estimate of drug-likeness (QED) is 0.818. The van der Waals surface area contributed by atoms with E-state index in [0.29, 0.717) is 5.41 Å². The Labute approximate surface area is 94.1 Å². The molecule has 1 aromatic carbocycles. The first-order valence-corrected chi connectivity index (χ1v) is 5.55. The van der Waals surface area contributed by atoms with Gasteiger partial charge < -0.3 is 5.32 Å². The Hall–Kier alpha value is -0.250. The van der Waals surface area contributed by atoms with E-state index in [1.165, 1.54) is 9.26 Å². The summed E-state index contributed by atoms with van der Waals surface area (Å²) >= 11 is 2.31. The van der Waals surface area contributed by atoms with E-state index >= 15 is 0 Å². The molecule has 0 aliphatic rings. The van der Waals surface area contributed by atoms with Crippen molar-refractivity contribution in [2.24, 2.45) is 5.41 Å². The van der Waals surface area contributed by atoms with E-state index < -0.39 is 0 Å². The van der Waals surface area contributed by atoms with Gasteiger partial charge in [0, 0.05) is 15.8 Å². The van der Waals surface area contributed by atoms with Gasteiger partial charge in [0.2, 0.25) is 0 Å². The molecule has 0 saturated carbocycles. The lowest BCUT2D eigenvalue weighted by Crippen LogP contribution is -2.18. The molecule has 0 atom stereocenters. The molecule has 1 rings (SSSR count). The van der Waals surface area contributed by atoms with Crippen LogP contribution in [0.4, 0.5) is 5.69 Å². The number of anilines is 1. The first-order chi connectivity index (χ1) is 5.97. The van der Waals surface area contributed by atoms with Crippen LogP contribution in [-0.2, 0) is 0 Å². The van der Waals surface area contributed by atoms with E-state index in [1.807, 2.05) is 0 Å². The van der Waals surface area contributed by atoms with Crippen molar-refractivity contribution in [1.82, 2.24) is 0 Å². The third-order valence-electron chi connectivity index (χ3n) is 1.67. The molecule has 0 heterocycles. The van der Waals surface area contributed by atoms with Crippen molar-refractivity contribution < 1.29 is 0 Å². The molecule has 0 amide bonds. The van der Waals surface area contributed by atoms with E-state index in [9.17, 15) is 0 Å². The molecule has 0 unspecified atom stereocenters. The minimum absolute atomic E-state index is 0.336. The minimum Gasteiger partial charge on any atom is -0.385 e. The average Bonchev–Trinajstić information content (AvgIpc) is 2.02. The largest absolute Gasteiger partial charge is 0.385 e. The summed E-state index contributed by atoms with van der Waals surface area (Å²) in [7, 11) is 0. The highest BCUT2D eigenvalue weighted by molar-refractivity contribution is 14.1. The summed E-state index contributed by atoms with van der Waals surface area (Å²) in [6.07, 6.45) is 0. The Balaban J connectivity index is 2.51. The van der Waals surface area contributed by atoms with Gasteiger partial charge in [0.1, 0.15) is 0 Å². The van der Waals surface area contributed by atoms with Gasteiger partial charge in [-0.2, -0.15) is 0 Å². The summed E-state index contributed by atoms with van der Waals surface area (Å²) in [4.78, 5) is 0. The van der Waals surface area contributed by atoms with Crippen molar-refractivity contribution in [3.63, 3.8) is 0 Å². The van der Waals surface area contributed by atoms with Crippen molar-refractivity contribution in [2.45, 2.75) is 20.8 Å². The lowest BCUT2D eigenvalue weighted by molar-refractivity contribution is 0.443. The van der Waals surface area contributed by atoms with Gasteiger partial charge in [-0.05, 0) is 52.3 Å². The summed E-state index contributed by atoms with van der Waals surface area (Å²) in [5.41, 5.74) is 1.54. The summed E-state index contributed by atoms with van der Waals surface area (Å²) in [6.45, 7) is 7.69. The van der Waals surface area contributed by atoms with Crippen LogP contribution >= 0.6 is 22.6 Å². The zero-order valence-corrected chi connectivity index (χ0v) is 10.6. The van der Waals surface area contributed by atoms with Gasteiger partial charge in [0.05, 0.1) is 0 Å². The molecule has 0 aliphatic carbocycles. The van der Waals surface area contributed by atoms with E-state index in [0.717, 1.165) is 6.54 Å². The SMILES string of the molecule is CC(C)(C)CNc1ccc(I)cc1. The number of nitrogens with one attached hydrogen (secondary N) is 1. The topological polar surface area (TPSA) is 12.0 Å². The number of halogens is 1. The Morgan fingerprint density at radius 2 is 1.69 bits per heavy atom. The zero-order chi connectivity index (χ0) is 9.90. The first-order valence-electron chi connectivity index (χ1n) is 4.47. The first kappa shape index (κ1) is 10.8. The van der Waals surface area contributed by atoms with E-state index in [-0.39, 0.29) is 0 Å². The Kier molecular flexibility index (Phi) is 3.59. The molecule has 13 heavy (non-hydrogen) atoms. The summed E-state index contributed by atoms with van der Waals surface area (Å²) in [6, 6.07) is 8.47. The summed E-state index contributed by atoms with van der Waals surface area (Å²) in [5.74, 6) is 0. The molecule has 72 valence electrons. The second kappa shape index (κ2) is 4.31. The van der Waals surface area contributed by atoms with Crippen LogP contribution in [0, 0.1) is 8.99 Å². The molecule has 1 nitrogen and oxygen atoms in total. The predicted molar refractivity (Wildman–Crippen MR) is 67.1 cm³/mol. The standard InChI is InChI=1S/C11H16IN/c1-11(2,3)8-13-10-6-4-9(12)5-7-10/h4-7,13H,8H2,1-3H3. The van der Waals surface area contributed by atoms with Gasteiger partial charge >= 0.3 is 0 Å². The van der Waals surface area contributed by atoms with Gasteiger partial charge in [0.25, 0.3) is 0 Å². The molecule has 1 N–H and O–H groups in total. The smallest absolute Gasteiger partial charge is 0.0341 e. The highest BCUT2D eigenvalue weighted by atomic mass is 127. The summed E-state index contributed by atoms with van der Waals surface area (Å²) in [5, 5.41) is 3.41. The third-order valence-corrected chi connectivity index (χ3v) is 2.39. The van der Waals surface area contributed by atoms with E-state index in [1.54, 1.807) is 0 Å². The molecule has 0 radical (unpaired) electrons. The van der Waals surface area contributed by atoms with E-state index in [2.05, 4.69) is 72.9 Å². The lowest BCUT2D eigenvalue weighted by Gasteiger charge is -2.19. The van der Waals surface area contributed by atoms with Crippen LogP contribution in [0.15, 0.2) is 24.3 Å². The van der Waals surface area contributed by atoms with Crippen LogP contribution < -0.4 is 5.32 Å². The second-order valence-corrected chi connectivity index (χ2v) is 5.67. The number of benzene rings is 1. The highest BCUT2D eigenvalue weighted by Gasteiger charge is 2.08. The van der Waals surface area contributed by atoms with Crippen LogP contribution in [0.5, 0.6) is 0 Å². The van der Waals surface area contributed by atoms with Gasteiger partial charge in [-0.15, -0.1) is 0 Å². The highest BCUT2D eigenvalue weighted by Crippen LogP contribution is 2.16. The normalized spacial score (nSPS) is 11.4. The molecule has 0 spiro atoms. The molecule has 0 bridgehead atoms. The molecule has 0 saturated heterocycles. The van der Waals surface area contributed by atoms with Crippen LogP contribution in [-0.4, -0.2) is 6.54 Å². The third kappa shape index (κ3) is 4.50. The van der Waals surface area contributed by atoms with Crippen molar-refractivity contribution in [3.05, 3.63) is 27.8 Å². The van der Waals surface area contributed by atoms with Gasteiger partial charge in [-0.3, -0.25) is 0 Å². The molecule has 1 aromatic rings. The maximum Gasteiger partial charge on any atom is 0.0341 e. The lowest BCUT2D eigenvalue weighted by atomic mass is 9.97. The molecular formula is C11H16IN. The van der Waals surface area contributed by atoms with Crippen molar-refractivity contribution in [3.8, 4) is 0 Å². The predicted octanol–water partition coefficient (Wildman–Crippen LogP) is 3.75. The number of hydrogen-bond acceptors (Lipinski definition) is 1. The minimum atomic E-state index is 0.336. The molecular weight excluding hydrogens is 273 g/mol. The van der Waals surface area contributed by atoms with Gasteiger partial charge in [0.15, 0.2) is 0 Å². The van der Waals surface area contributed by atoms with Crippen LogP contribution in [0.25, 0.3) is 0 Å². The van der Waals surface area contributed by atoms with Crippen molar-refractivity contribution in [2.75, 3.05) is 11.9 Å².